The summed E-state index contributed by atoms with van der Waals surface area (Å²) in [6.07, 6.45) is 1.09. The smallest absolute Gasteiger partial charge is 0.248 e. The average molecular weight is 231 g/mol. The third kappa shape index (κ3) is 2.55. The van der Waals surface area contributed by atoms with Crippen molar-refractivity contribution in [1.29, 1.82) is 0 Å². The summed E-state index contributed by atoms with van der Waals surface area (Å²) in [5.74, 6) is -2.23. The highest BCUT2D eigenvalue weighted by molar-refractivity contribution is 7.10. The van der Waals surface area contributed by atoms with Gasteiger partial charge in [-0.15, -0.1) is 11.3 Å². The number of hydrogen-bond donors (Lipinski definition) is 1. The Morgan fingerprint density at radius 2 is 2.07 bits per heavy atom. The summed E-state index contributed by atoms with van der Waals surface area (Å²) in [4.78, 5) is 1.12. The van der Waals surface area contributed by atoms with Crippen LogP contribution in [0.25, 0.3) is 0 Å². The summed E-state index contributed by atoms with van der Waals surface area (Å²) in [6.45, 7) is 0. The van der Waals surface area contributed by atoms with Crippen molar-refractivity contribution in [3.63, 3.8) is 0 Å². The van der Waals surface area contributed by atoms with E-state index in [9.17, 15) is 8.78 Å². The Morgan fingerprint density at radius 3 is 2.60 bits per heavy atom. The van der Waals surface area contributed by atoms with E-state index in [0.29, 0.717) is 12.8 Å². The topological polar surface area (TPSA) is 26.0 Å². The summed E-state index contributed by atoms with van der Waals surface area (Å²) < 4.78 is 25.9. The molecule has 1 aromatic heterocycles. The molecule has 2 N–H and O–H groups in total. The molecule has 0 saturated heterocycles. The third-order valence-electron chi connectivity index (χ3n) is 3.14. The van der Waals surface area contributed by atoms with E-state index in [4.69, 9.17) is 5.73 Å². The van der Waals surface area contributed by atoms with Gasteiger partial charge in [-0.1, -0.05) is 6.07 Å². The van der Waals surface area contributed by atoms with Gasteiger partial charge in [-0.3, -0.25) is 0 Å². The maximum atomic E-state index is 12.9. The molecule has 0 spiro atoms. The molecule has 0 amide bonds. The highest BCUT2D eigenvalue weighted by atomic mass is 32.1. The van der Waals surface area contributed by atoms with Crippen molar-refractivity contribution >= 4 is 11.3 Å². The fourth-order valence-electron chi connectivity index (χ4n) is 2.13. The number of halogens is 2. The summed E-state index contributed by atoms with van der Waals surface area (Å²) in [7, 11) is 0. The highest BCUT2D eigenvalue weighted by Crippen LogP contribution is 2.41. The second kappa shape index (κ2) is 4.18. The molecule has 84 valence electrons. The van der Waals surface area contributed by atoms with E-state index in [2.05, 4.69) is 0 Å². The molecule has 0 radical (unpaired) electrons. The van der Waals surface area contributed by atoms with E-state index < -0.39 is 5.92 Å². The molecule has 0 aromatic carbocycles. The van der Waals surface area contributed by atoms with Gasteiger partial charge in [-0.25, -0.2) is 8.78 Å². The first kappa shape index (κ1) is 11.0. The van der Waals surface area contributed by atoms with Gasteiger partial charge in [0.1, 0.15) is 0 Å². The largest absolute Gasteiger partial charge is 0.323 e. The molecular formula is C11H15F2NS. The van der Waals surface area contributed by atoms with Crippen LogP contribution < -0.4 is 5.73 Å². The fraction of sp³-hybridized carbons (Fsp3) is 0.636. The zero-order valence-electron chi connectivity index (χ0n) is 8.46. The molecule has 1 saturated carbocycles. The zero-order chi connectivity index (χ0) is 10.9. The summed E-state index contributed by atoms with van der Waals surface area (Å²) in [6, 6.07) is 3.89. The predicted octanol–water partition coefficient (Wildman–Crippen LogP) is 3.57. The van der Waals surface area contributed by atoms with E-state index in [0.717, 1.165) is 4.88 Å². The van der Waals surface area contributed by atoms with E-state index in [1.165, 1.54) is 0 Å². The molecule has 1 nitrogen and oxygen atoms in total. The van der Waals surface area contributed by atoms with Crippen LogP contribution in [0.5, 0.6) is 0 Å². The van der Waals surface area contributed by atoms with Gasteiger partial charge in [0.15, 0.2) is 0 Å². The van der Waals surface area contributed by atoms with E-state index in [1.807, 2.05) is 17.5 Å². The quantitative estimate of drug-likeness (QED) is 0.827. The minimum Gasteiger partial charge on any atom is -0.323 e. The number of thiophene rings is 1. The molecule has 1 heterocycles. The lowest BCUT2D eigenvalue weighted by Gasteiger charge is -2.31. The van der Waals surface area contributed by atoms with Crippen LogP contribution in [0.15, 0.2) is 17.5 Å². The van der Waals surface area contributed by atoms with Gasteiger partial charge < -0.3 is 5.73 Å². The molecule has 1 aliphatic carbocycles. The second-order valence-corrected chi connectivity index (χ2v) is 5.21. The Hall–Kier alpha value is -0.480. The summed E-state index contributed by atoms with van der Waals surface area (Å²) >= 11 is 1.61. The van der Waals surface area contributed by atoms with Crippen LogP contribution in [0, 0.1) is 5.92 Å². The predicted molar refractivity (Wildman–Crippen MR) is 58.2 cm³/mol. The molecule has 0 bridgehead atoms. The Labute approximate surface area is 92.3 Å². The first-order valence-corrected chi connectivity index (χ1v) is 6.13. The second-order valence-electron chi connectivity index (χ2n) is 4.23. The van der Waals surface area contributed by atoms with Gasteiger partial charge >= 0.3 is 0 Å². The van der Waals surface area contributed by atoms with Crippen molar-refractivity contribution in [2.24, 2.45) is 11.7 Å². The molecular weight excluding hydrogens is 216 g/mol. The molecule has 1 fully saturated rings. The Kier molecular flexibility index (Phi) is 3.07. The van der Waals surface area contributed by atoms with Crippen LogP contribution in [-0.2, 0) is 0 Å². The van der Waals surface area contributed by atoms with Gasteiger partial charge in [0.25, 0.3) is 0 Å². The van der Waals surface area contributed by atoms with Crippen molar-refractivity contribution in [1.82, 2.24) is 0 Å². The molecule has 15 heavy (non-hydrogen) atoms. The monoisotopic (exact) mass is 231 g/mol. The lowest BCUT2D eigenvalue weighted by Crippen LogP contribution is -2.30. The first-order valence-electron chi connectivity index (χ1n) is 5.25. The van der Waals surface area contributed by atoms with E-state index in [-0.39, 0.29) is 24.8 Å². The maximum absolute atomic E-state index is 12.9. The average Bonchev–Trinajstić information content (AvgIpc) is 2.69. The van der Waals surface area contributed by atoms with Crippen molar-refractivity contribution < 1.29 is 8.78 Å². The summed E-state index contributed by atoms with van der Waals surface area (Å²) in [5, 5.41) is 1.98. The lowest BCUT2D eigenvalue weighted by molar-refractivity contribution is -0.0482. The van der Waals surface area contributed by atoms with Gasteiger partial charge in [0, 0.05) is 23.8 Å². The number of hydrogen-bond acceptors (Lipinski definition) is 2. The van der Waals surface area contributed by atoms with Crippen molar-refractivity contribution in [2.75, 3.05) is 0 Å². The van der Waals surface area contributed by atoms with Gasteiger partial charge in [-0.05, 0) is 30.2 Å². The van der Waals surface area contributed by atoms with Gasteiger partial charge in [-0.2, -0.15) is 0 Å². The van der Waals surface area contributed by atoms with Crippen molar-refractivity contribution in [3.8, 4) is 0 Å². The van der Waals surface area contributed by atoms with Crippen LogP contribution in [0.1, 0.15) is 36.6 Å². The van der Waals surface area contributed by atoms with E-state index >= 15 is 0 Å². The molecule has 1 atom stereocenters. The summed E-state index contributed by atoms with van der Waals surface area (Å²) in [5.41, 5.74) is 6.07. The van der Waals surface area contributed by atoms with Crippen LogP contribution in [0.3, 0.4) is 0 Å². The Morgan fingerprint density at radius 1 is 1.40 bits per heavy atom. The van der Waals surface area contributed by atoms with Crippen LogP contribution >= 0.6 is 11.3 Å². The van der Waals surface area contributed by atoms with Crippen LogP contribution in [0.4, 0.5) is 8.78 Å². The lowest BCUT2D eigenvalue weighted by atomic mass is 9.82. The van der Waals surface area contributed by atoms with Gasteiger partial charge in [0.05, 0.1) is 0 Å². The molecule has 1 aliphatic rings. The molecule has 2 rings (SSSR count). The normalized spacial score (nSPS) is 23.9. The Balaban J connectivity index is 1.96. The molecule has 1 unspecified atom stereocenters. The molecule has 1 aromatic rings. The minimum atomic E-state index is -2.45. The third-order valence-corrected chi connectivity index (χ3v) is 4.11. The zero-order valence-corrected chi connectivity index (χ0v) is 9.27. The van der Waals surface area contributed by atoms with Gasteiger partial charge in [0.2, 0.25) is 5.92 Å². The number of rotatable bonds is 2. The first-order chi connectivity index (χ1) is 7.08. The molecule has 4 heteroatoms. The van der Waals surface area contributed by atoms with Crippen molar-refractivity contribution in [3.05, 3.63) is 22.4 Å². The standard InChI is InChI=1S/C11H15F2NS/c12-11(13)5-3-8(4-6-11)10(14)9-2-1-7-15-9/h1-2,7-8,10H,3-6,14H2. The van der Waals surface area contributed by atoms with Crippen molar-refractivity contribution in [2.45, 2.75) is 37.6 Å². The maximum Gasteiger partial charge on any atom is 0.248 e. The number of alkyl halides is 2. The SMILES string of the molecule is NC(c1cccs1)C1CCC(F)(F)CC1. The van der Waals surface area contributed by atoms with Crippen LogP contribution in [-0.4, -0.2) is 5.92 Å². The Bertz CT molecular complexity index is 300. The number of nitrogens with two attached hydrogens (primary N) is 1. The van der Waals surface area contributed by atoms with E-state index in [1.54, 1.807) is 11.3 Å². The minimum absolute atomic E-state index is 0.00323. The van der Waals surface area contributed by atoms with Crippen LogP contribution in [0.2, 0.25) is 0 Å². The highest BCUT2D eigenvalue weighted by Gasteiger charge is 2.37. The molecule has 0 aliphatic heterocycles. The fourth-order valence-corrected chi connectivity index (χ4v) is 2.96.